The van der Waals surface area contributed by atoms with Crippen LogP contribution in [0.5, 0.6) is 0 Å². The molecule has 1 heterocycles. The van der Waals surface area contributed by atoms with Crippen LogP contribution in [0.1, 0.15) is 41.1 Å². The van der Waals surface area contributed by atoms with Crippen molar-refractivity contribution >= 4 is 31.7 Å². The maximum absolute atomic E-state index is 12.5. The minimum absolute atomic E-state index is 0.136. The summed E-state index contributed by atoms with van der Waals surface area (Å²) in [7, 11) is -3.20. The van der Waals surface area contributed by atoms with Crippen molar-refractivity contribution in [3.8, 4) is 0 Å². The quantitative estimate of drug-likeness (QED) is 0.817. The molecule has 1 fully saturated rings. The molecule has 1 saturated carbocycles. The van der Waals surface area contributed by atoms with Gasteiger partial charge in [-0.2, -0.15) is 0 Å². The van der Waals surface area contributed by atoms with Gasteiger partial charge in [0.15, 0.2) is 15.6 Å². The lowest BCUT2D eigenvalue weighted by atomic mass is 9.71. The first-order valence-corrected chi connectivity index (χ1v) is 10.5. The molecular formula is C17H18BrNO4S. The van der Waals surface area contributed by atoms with E-state index in [1.165, 1.54) is 12.1 Å². The Labute approximate surface area is 149 Å². The van der Waals surface area contributed by atoms with Gasteiger partial charge in [-0.25, -0.2) is 8.42 Å². The molecule has 24 heavy (non-hydrogen) atoms. The van der Waals surface area contributed by atoms with Gasteiger partial charge in [0.2, 0.25) is 0 Å². The zero-order chi connectivity index (χ0) is 17.4. The second-order valence-electron chi connectivity index (χ2n) is 6.23. The second kappa shape index (κ2) is 6.37. The van der Waals surface area contributed by atoms with E-state index in [9.17, 15) is 13.2 Å². The van der Waals surface area contributed by atoms with Gasteiger partial charge in [-0.1, -0.05) is 28.1 Å². The molecular weight excluding hydrogens is 394 g/mol. The molecule has 1 aliphatic carbocycles. The fraction of sp³-hybridized carbons (Fsp3) is 0.353. The van der Waals surface area contributed by atoms with Crippen LogP contribution in [0, 0.1) is 0 Å². The van der Waals surface area contributed by atoms with E-state index in [4.69, 9.17) is 4.42 Å². The van der Waals surface area contributed by atoms with Crippen LogP contribution in [-0.2, 0) is 21.1 Å². The molecule has 3 rings (SSSR count). The number of hydrogen-bond acceptors (Lipinski definition) is 4. The summed E-state index contributed by atoms with van der Waals surface area (Å²) in [6, 6.07) is 11.0. The molecule has 1 N–H and O–H groups in total. The number of nitrogens with one attached hydrogen (secondary N) is 1. The Balaban J connectivity index is 1.77. The van der Waals surface area contributed by atoms with Gasteiger partial charge >= 0.3 is 0 Å². The molecule has 7 heteroatoms. The fourth-order valence-corrected chi connectivity index (χ4v) is 3.84. The molecule has 5 nitrogen and oxygen atoms in total. The number of hydrogen-bond donors (Lipinski definition) is 1. The van der Waals surface area contributed by atoms with Crippen LogP contribution in [0.25, 0.3) is 0 Å². The van der Waals surface area contributed by atoms with Crippen LogP contribution in [0.4, 0.5) is 0 Å². The van der Waals surface area contributed by atoms with E-state index in [2.05, 4.69) is 21.2 Å². The molecule has 2 aromatic rings. The van der Waals surface area contributed by atoms with Gasteiger partial charge in [0.25, 0.3) is 5.91 Å². The summed E-state index contributed by atoms with van der Waals surface area (Å²) in [6.07, 6.45) is 3.93. The van der Waals surface area contributed by atoms with E-state index in [0.717, 1.165) is 35.6 Å². The predicted molar refractivity (Wildman–Crippen MR) is 94.4 cm³/mol. The average Bonchev–Trinajstić information content (AvgIpc) is 2.90. The van der Waals surface area contributed by atoms with Crippen LogP contribution >= 0.6 is 15.9 Å². The lowest BCUT2D eigenvalue weighted by Gasteiger charge is -2.43. The van der Waals surface area contributed by atoms with Gasteiger partial charge in [-0.05, 0) is 49.1 Å². The first kappa shape index (κ1) is 17.2. The summed E-state index contributed by atoms with van der Waals surface area (Å²) in [5, 5.41) is 3.06. The Morgan fingerprint density at radius 3 is 2.42 bits per heavy atom. The van der Waals surface area contributed by atoms with Gasteiger partial charge < -0.3 is 9.73 Å². The fourth-order valence-electron chi connectivity index (χ4n) is 2.90. The highest BCUT2D eigenvalue weighted by Gasteiger charge is 2.40. The Kier molecular flexibility index (Phi) is 4.57. The van der Waals surface area contributed by atoms with E-state index in [1.807, 2.05) is 24.3 Å². The van der Waals surface area contributed by atoms with Crippen molar-refractivity contribution in [3.05, 3.63) is 58.0 Å². The maximum atomic E-state index is 12.5. The van der Waals surface area contributed by atoms with Crippen molar-refractivity contribution in [1.82, 2.24) is 5.32 Å². The Morgan fingerprint density at radius 1 is 1.21 bits per heavy atom. The monoisotopic (exact) mass is 411 g/mol. The summed E-state index contributed by atoms with van der Waals surface area (Å²) in [5.41, 5.74) is 0.690. The third-order valence-electron chi connectivity index (χ3n) is 4.25. The summed E-state index contributed by atoms with van der Waals surface area (Å²) >= 11 is 3.41. The second-order valence-corrected chi connectivity index (χ2v) is 9.29. The van der Waals surface area contributed by atoms with Gasteiger partial charge in [0.1, 0.15) is 11.5 Å². The summed E-state index contributed by atoms with van der Waals surface area (Å²) in [4.78, 5) is 12.5. The largest absolute Gasteiger partial charge is 0.455 e. The molecule has 0 atom stereocenters. The van der Waals surface area contributed by atoms with E-state index < -0.39 is 9.84 Å². The molecule has 1 aromatic heterocycles. The number of carbonyl (C=O) groups is 1. The van der Waals surface area contributed by atoms with E-state index in [0.29, 0.717) is 0 Å². The lowest BCUT2D eigenvalue weighted by Crippen LogP contribution is -2.50. The molecule has 0 radical (unpaired) electrons. The van der Waals surface area contributed by atoms with Crippen LogP contribution in [0.15, 0.2) is 45.3 Å². The lowest BCUT2D eigenvalue weighted by molar-refractivity contribution is 0.0793. The maximum Gasteiger partial charge on any atom is 0.287 e. The minimum Gasteiger partial charge on any atom is -0.455 e. The average molecular weight is 412 g/mol. The van der Waals surface area contributed by atoms with Gasteiger partial charge in [0, 0.05) is 10.7 Å². The molecule has 1 aromatic carbocycles. The van der Waals surface area contributed by atoms with Crippen LogP contribution in [0.2, 0.25) is 0 Å². The molecule has 0 aliphatic heterocycles. The number of benzene rings is 1. The first-order valence-electron chi connectivity index (χ1n) is 7.62. The third kappa shape index (κ3) is 3.72. The smallest absolute Gasteiger partial charge is 0.287 e. The van der Waals surface area contributed by atoms with Crippen molar-refractivity contribution in [1.29, 1.82) is 0 Å². The van der Waals surface area contributed by atoms with Gasteiger partial charge in [-0.15, -0.1) is 0 Å². The summed E-state index contributed by atoms with van der Waals surface area (Å²) in [5.74, 6) is -0.124. The first-order chi connectivity index (χ1) is 11.3. The molecule has 0 saturated heterocycles. The summed E-state index contributed by atoms with van der Waals surface area (Å²) < 4.78 is 29.0. The molecule has 1 amide bonds. The van der Waals surface area contributed by atoms with Crippen LogP contribution in [0.3, 0.4) is 0 Å². The zero-order valence-electron chi connectivity index (χ0n) is 13.2. The highest BCUT2D eigenvalue weighted by atomic mass is 79.9. The topological polar surface area (TPSA) is 76.4 Å². The highest BCUT2D eigenvalue weighted by Crippen LogP contribution is 2.41. The molecule has 1 aliphatic rings. The number of halogens is 1. The van der Waals surface area contributed by atoms with Crippen molar-refractivity contribution in [2.75, 3.05) is 6.26 Å². The molecule has 0 spiro atoms. The van der Waals surface area contributed by atoms with Crippen molar-refractivity contribution in [3.63, 3.8) is 0 Å². The molecule has 128 valence electrons. The standard InChI is InChI=1S/C17H18BrNO4S/c1-24(21,22)11-14-7-8-15(23-14)16(20)19-17(9-2-10-17)12-3-5-13(18)6-4-12/h3-8H,2,9-11H2,1H3,(H,19,20). The normalized spacial score (nSPS) is 16.4. The Hall–Kier alpha value is -1.60. The van der Waals surface area contributed by atoms with Crippen LogP contribution < -0.4 is 5.32 Å². The Morgan fingerprint density at radius 2 is 1.88 bits per heavy atom. The number of sulfone groups is 1. The molecule has 0 bridgehead atoms. The minimum atomic E-state index is -3.20. The number of rotatable bonds is 5. The SMILES string of the molecule is CS(=O)(=O)Cc1ccc(C(=O)NC2(c3ccc(Br)cc3)CCC2)o1. The number of furan rings is 1. The number of carbonyl (C=O) groups excluding carboxylic acids is 1. The van der Waals surface area contributed by atoms with Crippen molar-refractivity contribution in [2.24, 2.45) is 0 Å². The van der Waals surface area contributed by atoms with Crippen molar-refractivity contribution in [2.45, 2.75) is 30.6 Å². The summed E-state index contributed by atoms with van der Waals surface area (Å²) in [6.45, 7) is 0. The predicted octanol–water partition coefficient (Wildman–Crippen LogP) is 3.40. The third-order valence-corrected chi connectivity index (χ3v) is 5.58. The highest BCUT2D eigenvalue weighted by molar-refractivity contribution is 9.10. The molecule has 0 unspecified atom stereocenters. The van der Waals surface area contributed by atoms with Gasteiger partial charge in [-0.3, -0.25) is 4.79 Å². The van der Waals surface area contributed by atoms with Crippen LogP contribution in [-0.4, -0.2) is 20.6 Å². The van der Waals surface area contributed by atoms with Gasteiger partial charge in [0.05, 0.1) is 5.54 Å². The van der Waals surface area contributed by atoms with E-state index >= 15 is 0 Å². The zero-order valence-corrected chi connectivity index (χ0v) is 15.6. The van der Waals surface area contributed by atoms with E-state index in [-0.39, 0.29) is 28.7 Å². The van der Waals surface area contributed by atoms with Crippen molar-refractivity contribution < 1.29 is 17.6 Å². The van der Waals surface area contributed by atoms with E-state index in [1.54, 1.807) is 0 Å². The Bertz CT molecular complexity index is 851. The number of amides is 1.